The molecule has 0 bridgehead atoms. The molecule has 2 aliphatic carbocycles. The topological polar surface area (TPSA) is 25.8 Å². The van der Waals surface area contributed by atoms with Gasteiger partial charge in [0.1, 0.15) is 6.33 Å². The normalized spacial score (nSPS) is 14.9. The molecule has 2 aliphatic rings. The average molecular weight is 397 g/mol. The highest BCUT2D eigenvalue weighted by atomic mass is 35.5. The predicted octanol–water partition coefficient (Wildman–Crippen LogP) is 7.17. The van der Waals surface area contributed by atoms with Gasteiger partial charge in [0.05, 0.1) is 5.52 Å². The van der Waals surface area contributed by atoms with Crippen molar-refractivity contribution in [2.24, 2.45) is 0 Å². The van der Waals surface area contributed by atoms with Gasteiger partial charge in [0.2, 0.25) is 0 Å². The fourth-order valence-corrected chi connectivity index (χ4v) is 4.59. The minimum absolute atomic E-state index is 0.860. The summed E-state index contributed by atoms with van der Waals surface area (Å²) in [7, 11) is 0. The molecule has 0 N–H and O–H groups in total. The van der Waals surface area contributed by atoms with E-state index >= 15 is 0 Å². The van der Waals surface area contributed by atoms with Crippen LogP contribution in [0.4, 0.5) is 0 Å². The molecule has 0 atom stereocenters. The highest BCUT2D eigenvalue weighted by molar-refractivity contribution is 6.35. The molecule has 0 radical (unpaired) electrons. The van der Waals surface area contributed by atoms with Gasteiger partial charge in [-0.25, -0.2) is 9.97 Å². The highest BCUT2D eigenvalue weighted by Gasteiger charge is 2.20. The van der Waals surface area contributed by atoms with Gasteiger partial charge in [-0.3, -0.25) is 0 Å². The van der Waals surface area contributed by atoms with Crippen LogP contribution in [0.15, 0.2) is 84.8 Å². The van der Waals surface area contributed by atoms with Crippen molar-refractivity contribution >= 4 is 38.8 Å². The minimum atomic E-state index is 0.860. The zero-order valence-electron chi connectivity index (χ0n) is 16.1. The maximum Gasteiger partial charge on any atom is 0.116 e. The van der Waals surface area contributed by atoms with Gasteiger partial charge < -0.3 is 0 Å². The molecule has 0 aliphatic heterocycles. The van der Waals surface area contributed by atoms with Gasteiger partial charge in [-0.15, -0.1) is 0 Å². The van der Waals surface area contributed by atoms with Gasteiger partial charge in [0, 0.05) is 22.0 Å². The van der Waals surface area contributed by atoms with Crippen molar-refractivity contribution in [1.82, 2.24) is 9.97 Å². The van der Waals surface area contributed by atoms with Crippen LogP contribution in [0.2, 0.25) is 5.02 Å². The molecule has 2 nitrogen and oxygen atoms in total. The number of benzene rings is 3. The lowest BCUT2D eigenvalue weighted by atomic mass is 9.79. The first-order valence-electron chi connectivity index (χ1n) is 10.0. The lowest BCUT2D eigenvalue weighted by molar-refractivity contribution is 0.831. The molecule has 0 spiro atoms. The SMILES string of the molecule is Clc1cccc2c3c(ccc12)C1=C(CCC=C1)CC3.c1ccc2ncncc2c1. The van der Waals surface area contributed by atoms with Crippen LogP contribution in [-0.2, 0) is 6.42 Å². The van der Waals surface area contributed by atoms with E-state index in [1.807, 2.05) is 36.5 Å². The summed E-state index contributed by atoms with van der Waals surface area (Å²) in [5.74, 6) is 0. The Balaban J connectivity index is 0.000000153. The van der Waals surface area contributed by atoms with Crippen molar-refractivity contribution in [3.05, 3.63) is 101 Å². The van der Waals surface area contributed by atoms with Crippen LogP contribution in [0.5, 0.6) is 0 Å². The van der Waals surface area contributed by atoms with Gasteiger partial charge in [0.25, 0.3) is 0 Å². The number of rotatable bonds is 0. The van der Waals surface area contributed by atoms with Crippen LogP contribution in [-0.4, -0.2) is 9.97 Å². The number of hydrogen-bond acceptors (Lipinski definition) is 2. The monoisotopic (exact) mass is 396 g/mol. The summed E-state index contributed by atoms with van der Waals surface area (Å²) in [6.07, 6.45) is 12.8. The summed E-state index contributed by atoms with van der Waals surface area (Å²) in [5.41, 5.74) is 7.00. The molecule has 0 saturated carbocycles. The first-order chi connectivity index (χ1) is 14.3. The highest BCUT2D eigenvalue weighted by Crippen LogP contribution is 2.40. The molecule has 3 aromatic carbocycles. The van der Waals surface area contributed by atoms with Crippen LogP contribution < -0.4 is 0 Å². The van der Waals surface area contributed by atoms with Crippen molar-refractivity contribution in [3.8, 4) is 0 Å². The number of nitrogens with zero attached hydrogens (tertiary/aromatic N) is 2. The van der Waals surface area contributed by atoms with E-state index in [-0.39, 0.29) is 0 Å². The van der Waals surface area contributed by atoms with E-state index in [2.05, 4.69) is 46.4 Å². The Kier molecular flexibility index (Phi) is 4.87. The second-order valence-corrected chi connectivity index (χ2v) is 7.87. The Morgan fingerprint density at radius 2 is 1.76 bits per heavy atom. The van der Waals surface area contributed by atoms with Crippen LogP contribution in [0, 0.1) is 0 Å². The summed E-state index contributed by atoms with van der Waals surface area (Å²) >= 11 is 6.31. The zero-order valence-corrected chi connectivity index (χ0v) is 16.9. The maximum atomic E-state index is 6.31. The maximum absolute atomic E-state index is 6.31. The molecular weight excluding hydrogens is 376 g/mol. The first kappa shape index (κ1) is 18.1. The van der Waals surface area contributed by atoms with Crippen molar-refractivity contribution in [3.63, 3.8) is 0 Å². The van der Waals surface area contributed by atoms with Crippen LogP contribution >= 0.6 is 11.6 Å². The number of hydrogen-bond donors (Lipinski definition) is 0. The molecule has 4 aromatic rings. The molecule has 29 heavy (non-hydrogen) atoms. The Bertz CT molecular complexity index is 1200. The van der Waals surface area contributed by atoms with E-state index in [1.165, 1.54) is 46.7 Å². The second kappa shape index (κ2) is 7.81. The number of aromatic nitrogens is 2. The molecular formula is C26H21ClN2. The molecule has 0 unspecified atom stereocenters. The van der Waals surface area contributed by atoms with Crippen LogP contribution in [0.25, 0.3) is 27.2 Å². The van der Waals surface area contributed by atoms with E-state index < -0.39 is 0 Å². The van der Waals surface area contributed by atoms with Crippen LogP contribution in [0.1, 0.15) is 30.4 Å². The lowest BCUT2D eigenvalue weighted by Crippen LogP contribution is -2.07. The number of para-hydroxylation sites is 1. The second-order valence-electron chi connectivity index (χ2n) is 7.47. The molecule has 0 fully saturated rings. The van der Waals surface area contributed by atoms with E-state index in [0.29, 0.717) is 0 Å². The summed E-state index contributed by atoms with van der Waals surface area (Å²) in [6.45, 7) is 0. The molecule has 3 heteroatoms. The van der Waals surface area contributed by atoms with E-state index in [0.717, 1.165) is 22.3 Å². The van der Waals surface area contributed by atoms with E-state index in [4.69, 9.17) is 11.6 Å². The largest absolute Gasteiger partial charge is 0.244 e. The van der Waals surface area contributed by atoms with E-state index in [9.17, 15) is 0 Å². The third-order valence-corrected chi connectivity index (χ3v) is 6.11. The van der Waals surface area contributed by atoms with Crippen molar-refractivity contribution in [1.29, 1.82) is 0 Å². The van der Waals surface area contributed by atoms with Crippen molar-refractivity contribution in [2.75, 3.05) is 0 Å². The van der Waals surface area contributed by atoms with Crippen molar-refractivity contribution < 1.29 is 0 Å². The van der Waals surface area contributed by atoms with Gasteiger partial charge in [-0.1, -0.05) is 71.8 Å². The number of aryl methyl sites for hydroxylation is 1. The Labute approximate surface area is 175 Å². The fraction of sp³-hybridized carbons (Fsp3) is 0.154. The number of halogens is 1. The summed E-state index contributed by atoms with van der Waals surface area (Å²) in [5, 5.41) is 4.46. The molecule has 142 valence electrons. The molecule has 6 rings (SSSR count). The standard InChI is InChI=1S/C18H15Cl.C8H6N2/c19-18-7-3-6-14-16-9-8-12-4-1-2-5-13(12)15(16)10-11-17(14)18;1-2-4-8-7(3-1)5-9-6-10-8/h2-3,5-7,10-11H,1,4,8-9H2;1-6H. The number of fused-ring (bicyclic) bond motifs is 5. The smallest absolute Gasteiger partial charge is 0.116 e. The van der Waals surface area contributed by atoms with Gasteiger partial charge in [-0.05, 0) is 59.9 Å². The summed E-state index contributed by atoms with van der Waals surface area (Å²) < 4.78 is 0. The average Bonchev–Trinajstić information content (AvgIpc) is 2.79. The quantitative estimate of drug-likeness (QED) is 0.314. The Hall–Kier alpha value is -2.97. The molecule has 0 saturated heterocycles. The first-order valence-corrected chi connectivity index (χ1v) is 10.4. The molecule has 1 aromatic heterocycles. The van der Waals surface area contributed by atoms with E-state index in [1.54, 1.807) is 11.9 Å². The zero-order chi connectivity index (χ0) is 19.6. The Morgan fingerprint density at radius 1 is 0.828 bits per heavy atom. The van der Waals surface area contributed by atoms with Gasteiger partial charge >= 0.3 is 0 Å². The number of allylic oxidation sites excluding steroid dienone is 4. The van der Waals surface area contributed by atoms with Gasteiger partial charge in [-0.2, -0.15) is 0 Å². The third-order valence-electron chi connectivity index (χ3n) is 5.78. The third kappa shape index (κ3) is 3.45. The molecule has 0 amide bonds. The lowest BCUT2D eigenvalue weighted by Gasteiger charge is -2.25. The summed E-state index contributed by atoms with van der Waals surface area (Å²) in [4.78, 5) is 7.97. The predicted molar refractivity (Wildman–Crippen MR) is 122 cm³/mol. The van der Waals surface area contributed by atoms with Gasteiger partial charge in [0.15, 0.2) is 0 Å². The van der Waals surface area contributed by atoms with Crippen molar-refractivity contribution in [2.45, 2.75) is 25.7 Å². The Morgan fingerprint density at radius 3 is 2.69 bits per heavy atom. The minimum Gasteiger partial charge on any atom is -0.244 e. The summed E-state index contributed by atoms with van der Waals surface area (Å²) in [6, 6.07) is 18.6. The molecule has 1 heterocycles. The fourth-order valence-electron chi connectivity index (χ4n) is 4.35. The van der Waals surface area contributed by atoms with Crippen LogP contribution in [0.3, 0.4) is 0 Å².